The first-order chi connectivity index (χ1) is 24.7. The molecular weight excluding hydrogens is 618 g/mol. The van der Waals surface area contributed by atoms with Crippen LogP contribution >= 0.6 is 0 Å². The van der Waals surface area contributed by atoms with E-state index in [-0.39, 0.29) is 12.7 Å². The van der Waals surface area contributed by atoms with Crippen LogP contribution in [0.3, 0.4) is 0 Å². The van der Waals surface area contributed by atoms with Gasteiger partial charge in [-0.25, -0.2) is 4.79 Å². The molecule has 50 heavy (non-hydrogen) atoms. The molecule has 0 spiro atoms. The van der Waals surface area contributed by atoms with Crippen LogP contribution in [0.25, 0.3) is 0 Å². The number of unbranched alkanes of at least 4 members (excludes halogenated alkanes) is 15. The highest BCUT2D eigenvalue weighted by molar-refractivity contribution is 5.68. The first-order valence-corrected chi connectivity index (χ1v) is 20.1. The zero-order valence-electron chi connectivity index (χ0n) is 31.1. The average Bonchev–Trinajstić information content (AvgIpc) is 3.71. The molecule has 0 saturated carbocycles. The number of amides is 1. The lowest BCUT2D eigenvalue weighted by Gasteiger charge is -2.37. The van der Waals surface area contributed by atoms with Crippen LogP contribution in [0.15, 0.2) is 91.0 Å². The molecule has 4 rings (SSSR count). The Morgan fingerprint density at radius 2 is 0.980 bits per heavy atom. The average molecular weight is 684 g/mol. The third-order valence-electron chi connectivity index (χ3n) is 10.1. The first kappa shape index (κ1) is 39.6. The zero-order chi connectivity index (χ0) is 35.0. The fourth-order valence-electron chi connectivity index (χ4n) is 7.19. The van der Waals surface area contributed by atoms with Gasteiger partial charge in [-0.3, -0.25) is 0 Å². The van der Waals surface area contributed by atoms with Crippen LogP contribution in [0.4, 0.5) is 4.79 Å². The first-order valence-electron chi connectivity index (χ1n) is 20.1. The quantitative estimate of drug-likeness (QED) is 0.0624. The van der Waals surface area contributed by atoms with Gasteiger partial charge in [0.05, 0.1) is 13.2 Å². The lowest BCUT2D eigenvalue weighted by Crippen LogP contribution is -2.40. The summed E-state index contributed by atoms with van der Waals surface area (Å²) in [5.41, 5.74) is 2.19. The minimum atomic E-state index is -0.879. The Hall–Kier alpha value is -3.15. The highest BCUT2D eigenvalue weighted by Gasteiger charge is 2.38. The van der Waals surface area contributed by atoms with Gasteiger partial charge >= 0.3 is 6.09 Å². The van der Waals surface area contributed by atoms with Gasteiger partial charge in [0.15, 0.2) is 6.10 Å². The van der Waals surface area contributed by atoms with E-state index in [0.717, 1.165) is 49.0 Å². The molecule has 5 nitrogen and oxygen atoms in total. The molecule has 1 fully saturated rings. The van der Waals surface area contributed by atoms with E-state index in [1.807, 2.05) is 54.6 Å². The van der Waals surface area contributed by atoms with Crippen molar-refractivity contribution in [3.63, 3.8) is 0 Å². The molecule has 1 aliphatic heterocycles. The summed E-state index contributed by atoms with van der Waals surface area (Å²) in [4.78, 5) is 15.0. The van der Waals surface area contributed by atoms with Gasteiger partial charge in [-0.2, -0.15) is 0 Å². The van der Waals surface area contributed by atoms with Crippen molar-refractivity contribution < 1.29 is 19.0 Å². The summed E-state index contributed by atoms with van der Waals surface area (Å²) in [7, 11) is 0. The molecule has 0 aromatic heterocycles. The van der Waals surface area contributed by atoms with Crippen LogP contribution in [-0.4, -0.2) is 50.0 Å². The SMILES string of the molecule is CCCCCCCCCCCCCCCCCCOCC(COC(c1ccccc1)(c1ccccc1)c1ccccc1)OC(=O)N1CCCC1. The topological polar surface area (TPSA) is 48.0 Å². The molecule has 3 aromatic rings. The molecule has 1 saturated heterocycles. The number of likely N-dealkylation sites (tertiary alicyclic amines) is 1. The third kappa shape index (κ3) is 13.5. The number of ether oxygens (including phenoxy) is 3. The van der Waals surface area contributed by atoms with Gasteiger partial charge in [-0.15, -0.1) is 0 Å². The molecule has 1 unspecified atom stereocenters. The molecule has 1 atom stereocenters. The van der Waals surface area contributed by atoms with Crippen LogP contribution in [0.2, 0.25) is 0 Å². The predicted octanol–water partition coefficient (Wildman–Crippen LogP) is 11.9. The van der Waals surface area contributed by atoms with Crippen molar-refractivity contribution in [2.24, 2.45) is 0 Å². The Bertz CT molecular complexity index is 1170. The number of rotatable bonds is 26. The van der Waals surface area contributed by atoms with Crippen molar-refractivity contribution in [3.05, 3.63) is 108 Å². The number of hydrogen-bond acceptors (Lipinski definition) is 4. The van der Waals surface area contributed by atoms with Crippen LogP contribution in [0.1, 0.15) is 139 Å². The third-order valence-corrected chi connectivity index (χ3v) is 10.1. The van der Waals surface area contributed by atoms with E-state index in [9.17, 15) is 4.79 Å². The molecule has 1 heterocycles. The molecule has 0 bridgehead atoms. The second kappa shape index (κ2) is 24.1. The van der Waals surface area contributed by atoms with Gasteiger partial charge in [0.2, 0.25) is 0 Å². The van der Waals surface area contributed by atoms with Gasteiger partial charge in [0.1, 0.15) is 5.60 Å². The molecule has 3 aromatic carbocycles. The van der Waals surface area contributed by atoms with E-state index < -0.39 is 11.7 Å². The van der Waals surface area contributed by atoms with Crippen molar-refractivity contribution >= 4 is 6.09 Å². The second-order valence-electron chi connectivity index (χ2n) is 14.2. The van der Waals surface area contributed by atoms with Gasteiger partial charge < -0.3 is 19.1 Å². The fraction of sp³-hybridized carbons (Fsp3) is 0.578. The number of benzene rings is 3. The van der Waals surface area contributed by atoms with Crippen molar-refractivity contribution in [2.75, 3.05) is 32.9 Å². The van der Waals surface area contributed by atoms with E-state index in [4.69, 9.17) is 14.2 Å². The van der Waals surface area contributed by atoms with Gasteiger partial charge in [-0.05, 0) is 36.0 Å². The summed E-state index contributed by atoms with van der Waals surface area (Å²) in [5, 5.41) is 0. The number of hydrogen-bond donors (Lipinski definition) is 0. The lowest BCUT2D eigenvalue weighted by molar-refractivity contribution is -0.0730. The molecule has 0 N–H and O–H groups in total. The molecule has 0 radical (unpaired) electrons. The van der Waals surface area contributed by atoms with E-state index in [2.05, 4.69) is 43.3 Å². The minimum absolute atomic E-state index is 0.206. The fourth-order valence-corrected chi connectivity index (χ4v) is 7.19. The van der Waals surface area contributed by atoms with E-state index in [1.54, 1.807) is 4.90 Å². The van der Waals surface area contributed by atoms with Crippen molar-refractivity contribution in [1.29, 1.82) is 0 Å². The summed E-state index contributed by atoms with van der Waals surface area (Å²) >= 11 is 0. The minimum Gasteiger partial charge on any atom is -0.441 e. The molecule has 274 valence electrons. The van der Waals surface area contributed by atoms with Gasteiger partial charge in [0.25, 0.3) is 0 Å². The van der Waals surface area contributed by atoms with Crippen LogP contribution in [-0.2, 0) is 19.8 Å². The summed E-state index contributed by atoms with van der Waals surface area (Å²) in [6.07, 6.45) is 22.8. The van der Waals surface area contributed by atoms with E-state index >= 15 is 0 Å². The molecule has 5 heteroatoms. The maximum Gasteiger partial charge on any atom is 0.410 e. The van der Waals surface area contributed by atoms with Crippen molar-refractivity contribution in [1.82, 2.24) is 4.90 Å². The van der Waals surface area contributed by atoms with E-state index in [0.29, 0.717) is 13.2 Å². The second-order valence-corrected chi connectivity index (χ2v) is 14.2. The zero-order valence-corrected chi connectivity index (χ0v) is 31.1. The van der Waals surface area contributed by atoms with Crippen LogP contribution < -0.4 is 0 Å². The highest BCUT2D eigenvalue weighted by Crippen LogP contribution is 2.40. The maximum atomic E-state index is 13.2. The standard InChI is InChI=1S/C45H65NO4/c1-2-3-4-5-6-7-8-9-10-11-12-13-14-15-16-28-37-48-38-43(50-44(47)46-35-26-27-36-46)39-49-45(40-29-20-17-21-30-40,41-31-22-18-23-32-41)42-33-24-19-25-34-42/h17-25,29-34,43H,2-16,26-28,35-39H2,1H3. The largest absolute Gasteiger partial charge is 0.441 e. The van der Waals surface area contributed by atoms with Crippen LogP contribution in [0.5, 0.6) is 0 Å². The van der Waals surface area contributed by atoms with Crippen molar-refractivity contribution in [3.8, 4) is 0 Å². The van der Waals surface area contributed by atoms with Gasteiger partial charge in [-0.1, -0.05) is 194 Å². The van der Waals surface area contributed by atoms with Crippen LogP contribution in [0, 0.1) is 0 Å². The Morgan fingerprint density at radius 3 is 1.40 bits per heavy atom. The maximum absolute atomic E-state index is 13.2. The predicted molar refractivity (Wildman–Crippen MR) is 207 cm³/mol. The number of carbonyl (C=O) groups is 1. The Labute approximate surface area is 304 Å². The van der Waals surface area contributed by atoms with Crippen molar-refractivity contribution in [2.45, 2.75) is 134 Å². The number of nitrogens with zero attached hydrogens (tertiary/aromatic N) is 1. The molecule has 1 amide bonds. The molecule has 0 aliphatic carbocycles. The normalized spacial score (nSPS) is 13.8. The summed E-state index contributed by atoms with van der Waals surface area (Å²) in [5.74, 6) is 0. The lowest BCUT2D eigenvalue weighted by atomic mass is 9.80. The summed E-state index contributed by atoms with van der Waals surface area (Å²) < 4.78 is 19.3. The Morgan fingerprint density at radius 1 is 0.580 bits per heavy atom. The monoisotopic (exact) mass is 683 g/mol. The smallest absolute Gasteiger partial charge is 0.410 e. The molecule has 1 aliphatic rings. The summed E-state index contributed by atoms with van der Waals surface area (Å²) in [6, 6.07) is 31.0. The Balaban J connectivity index is 1.24. The highest BCUT2D eigenvalue weighted by atomic mass is 16.6. The van der Waals surface area contributed by atoms with E-state index in [1.165, 1.54) is 96.3 Å². The van der Waals surface area contributed by atoms with Gasteiger partial charge in [0, 0.05) is 19.7 Å². The summed E-state index contributed by atoms with van der Waals surface area (Å²) in [6.45, 7) is 4.96. The molecular formula is C45H65NO4. The Kier molecular flexibility index (Phi) is 19.1. The number of carbonyl (C=O) groups excluding carboxylic acids is 1.